The van der Waals surface area contributed by atoms with Crippen LogP contribution in [0, 0.1) is 11.3 Å². The maximum absolute atomic E-state index is 9.07. The van der Waals surface area contributed by atoms with Gasteiger partial charge in [0.1, 0.15) is 11.8 Å². The predicted octanol–water partition coefficient (Wildman–Crippen LogP) is 1.23. The van der Waals surface area contributed by atoms with E-state index in [2.05, 4.69) is 11.4 Å². The smallest absolute Gasteiger partial charge is 0.124 e. The first-order valence-corrected chi connectivity index (χ1v) is 5.20. The molecule has 1 aromatic carbocycles. The number of hydrogen-bond acceptors (Lipinski definition) is 4. The number of hydrogen-bond donors (Lipinski definition) is 2. The van der Waals surface area contributed by atoms with Gasteiger partial charge in [0.15, 0.2) is 0 Å². The lowest BCUT2D eigenvalue weighted by Gasteiger charge is -2.14. The molecule has 16 heavy (non-hydrogen) atoms. The Balaban J connectivity index is 2.75. The van der Waals surface area contributed by atoms with Gasteiger partial charge < -0.3 is 9.84 Å². The normalized spacial score (nSPS) is 11.8. The molecule has 0 aliphatic carbocycles. The van der Waals surface area contributed by atoms with Gasteiger partial charge in [-0.3, -0.25) is 5.32 Å². The molecule has 0 amide bonds. The van der Waals surface area contributed by atoms with Gasteiger partial charge in [-0.1, -0.05) is 18.2 Å². The van der Waals surface area contributed by atoms with Crippen LogP contribution in [0.15, 0.2) is 24.3 Å². The van der Waals surface area contributed by atoms with Gasteiger partial charge in [0.25, 0.3) is 0 Å². The number of nitriles is 1. The van der Waals surface area contributed by atoms with E-state index in [0.29, 0.717) is 18.7 Å². The number of nitrogens with one attached hydrogen (secondary N) is 1. The molecule has 0 spiro atoms. The number of para-hydroxylation sites is 1. The highest BCUT2D eigenvalue weighted by molar-refractivity contribution is 5.38. The number of rotatable bonds is 6. The third kappa shape index (κ3) is 3.23. The maximum atomic E-state index is 9.07. The van der Waals surface area contributed by atoms with Gasteiger partial charge in [-0.25, -0.2) is 0 Å². The SMILES string of the molecule is COc1ccccc1C(C#N)NCCCO. The molecule has 4 heteroatoms. The third-order valence-electron chi connectivity index (χ3n) is 2.26. The molecule has 86 valence electrons. The van der Waals surface area contributed by atoms with Crippen LogP contribution in [0.3, 0.4) is 0 Å². The van der Waals surface area contributed by atoms with E-state index in [4.69, 9.17) is 15.1 Å². The van der Waals surface area contributed by atoms with Gasteiger partial charge in [-0.2, -0.15) is 5.26 Å². The van der Waals surface area contributed by atoms with Crippen LogP contribution in [-0.2, 0) is 0 Å². The second kappa shape index (κ2) is 6.83. The van der Waals surface area contributed by atoms with Crippen LogP contribution in [0.2, 0.25) is 0 Å². The van der Waals surface area contributed by atoms with Crippen molar-refractivity contribution in [2.75, 3.05) is 20.3 Å². The summed E-state index contributed by atoms with van der Waals surface area (Å²) in [6.45, 7) is 0.726. The summed E-state index contributed by atoms with van der Waals surface area (Å²) >= 11 is 0. The highest BCUT2D eigenvalue weighted by Crippen LogP contribution is 2.23. The Labute approximate surface area is 95.5 Å². The van der Waals surface area contributed by atoms with Crippen LogP contribution < -0.4 is 10.1 Å². The van der Waals surface area contributed by atoms with E-state index >= 15 is 0 Å². The average molecular weight is 220 g/mol. The van der Waals surface area contributed by atoms with Crippen molar-refractivity contribution in [2.45, 2.75) is 12.5 Å². The van der Waals surface area contributed by atoms with Crippen molar-refractivity contribution in [1.82, 2.24) is 5.32 Å². The van der Waals surface area contributed by atoms with Gasteiger partial charge >= 0.3 is 0 Å². The Bertz CT molecular complexity index is 360. The Hall–Kier alpha value is -1.57. The van der Waals surface area contributed by atoms with Gasteiger partial charge in [0.2, 0.25) is 0 Å². The fourth-order valence-corrected chi connectivity index (χ4v) is 1.46. The maximum Gasteiger partial charge on any atom is 0.124 e. The quantitative estimate of drug-likeness (QED) is 0.708. The van der Waals surface area contributed by atoms with Crippen LogP contribution in [0.25, 0.3) is 0 Å². The van der Waals surface area contributed by atoms with Crippen molar-refractivity contribution in [3.05, 3.63) is 29.8 Å². The van der Waals surface area contributed by atoms with Gasteiger partial charge in [-0.05, 0) is 19.0 Å². The van der Waals surface area contributed by atoms with E-state index in [-0.39, 0.29) is 6.61 Å². The minimum Gasteiger partial charge on any atom is -0.496 e. The van der Waals surface area contributed by atoms with Crippen molar-refractivity contribution in [2.24, 2.45) is 0 Å². The lowest BCUT2D eigenvalue weighted by atomic mass is 10.1. The fraction of sp³-hybridized carbons (Fsp3) is 0.417. The first kappa shape index (κ1) is 12.5. The van der Waals surface area contributed by atoms with Crippen molar-refractivity contribution < 1.29 is 9.84 Å². The Kier molecular flexibility index (Phi) is 5.34. The van der Waals surface area contributed by atoms with Crippen LogP contribution >= 0.6 is 0 Å². The molecule has 4 nitrogen and oxygen atoms in total. The minimum absolute atomic E-state index is 0.122. The minimum atomic E-state index is -0.400. The Morgan fingerprint density at radius 1 is 1.50 bits per heavy atom. The first-order valence-electron chi connectivity index (χ1n) is 5.20. The summed E-state index contributed by atoms with van der Waals surface area (Å²) in [5.74, 6) is 0.700. The second-order valence-corrected chi connectivity index (χ2v) is 3.34. The van der Waals surface area contributed by atoms with Crippen molar-refractivity contribution in [3.63, 3.8) is 0 Å². The number of nitrogens with zero attached hydrogens (tertiary/aromatic N) is 1. The van der Waals surface area contributed by atoms with Gasteiger partial charge in [-0.15, -0.1) is 0 Å². The van der Waals surface area contributed by atoms with E-state index in [1.165, 1.54) is 0 Å². The summed E-state index contributed by atoms with van der Waals surface area (Å²) in [5.41, 5.74) is 0.824. The molecule has 1 aromatic rings. The van der Waals surface area contributed by atoms with Crippen LogP contribution in [0.5, 0.6) is 5.75 Å². The zero-order chi connectivity index (χ0) is 11.8. The number of aliphatic hydroxyl groups excluding tert-OH is 1. The van der Waals surface area contributed by atoms with Crippen molar-refractivity contribution >= 4 is 0 Å². The molecule has 0 heterocycles. The number of benzene rings is 1. The van der Waals surface area contributed by atoms with Crippen LogP contribution in [0.4, 0.5) is 0 Å². The molecule has 1 atom stereocenters. The average Bonchev–Trinajstić information content (AvgIpc) is 2.35. The third-order valence-corrected chi connectivity index (χ3v) is 2.26. The van der Waals surface area contributed by atoms with Crippen LogP contribution in [-0.4, -0.2) is 25.4 Å². The Morgan fingerprint density at radius 3 is 2.88 bits per heavy atom. The molecule has 0 radical (unpaired) electrons. The molecular weight excluding hydrogens is 204 g/mol. The summed E-state index contributed by atoms with van der Waals surface area (Å²) in [5, 5.41) is 20.8. The van der Waals surface area contributed by atoms with Crippen molar-refractivity contribution in [1.29, 1.82) is 5.26 Å². The monoisotopic (exact) mass is 220 g/mol. The van der Waals surface area contributed by atoms with Crippen LogP contribution in [0.1, 0.15) is 18.0 Å². The molecule has 2 N–H and O–H groups in total. The molecule has 1 rings (SSSR count). The highest BCUT2D eigenvalue weighted by atomic mass is 16.5. The van der Waals surface area contributed by atoms with Gasteiger partial charge in [0, 0.05) is 12.2 Å². The fourth-order valence-electron chi connectivity index (χ4n) is 1.46. The van der Waals surface area contributed by atoms with E-state index < -0.39 is 6.04 Å². The molecule has 1 unspecified atom stereocenters. The summed E-state index contributed by atoms with van der Waals surface area (Å²) < 4.78 is 5.19. The topological polar surface area (TPSA) is 65.3 Å². The van der Waals surface area contributed by atoms with Crippen molar-refractivity contribution in [3.8, 4) is 11.8 Å². The molecular formula is C12H16N2O2. The second-order valence-electron chi connectivity index (χ2n) is 3.34. The van der Waals surface area contributed by atoms with E-state index in [1.54, 1.807) is 7.11 Å². The highest BCUT2D eigenvalue weighted by Gasteiger charge is 2.13. The molecule has 0 bridgehead atoms. The lowest BCUT2D eigenvalue weighted by molar-refractivity contribution is 0.285. The molecule has 0 aliphatic rings. The standard InChI is InChI=1S/C12H16N2O2/c1-16-12-6-3-2-5-10(12)11(9-13)14-7-4-8-15/h2-3,5-6,11,14-15H,4,7-8H2,1H3. The number of aliphatic hydroxyl groups is 1. The molecule has 0 aromatic heterocycles. The molecule has 0 fully saturated rings. The van der Waals surface area contributed by atoms with E-state index in [1.807, 2.05) is 24.3 Å². The molecule has 0 saturated heterocycles. The van der Waals surface area contributed by atoms with Gasteiger partial charge in [0.05, 0.1) is 13.2 Å². The molecule has 0 saturated carbocycles. The molecule has 0 aliphatic heterocycles. The van der Waals surface area contributed by atoms with E-state index in [9.17, 15) is 0 Å². The summed E-state index contributed by atoms with van der Waals surface area (Å²) in [6.07, 6.45) is 0.632. The zero-order valence-corrected chi connectivity index (χ0v) is 9.31. The zero-order valence-electron chi connectivity index (χ0n) is 9.31. The number of methoxy groups -OCH3 is 1. The van der Waals surface area contributed by atoms with E-state index in [0.717, 1.165) is 5.56 Å². The largest absolute Gasteiger partial charge is 0.496 e. The lowest BCUT2D eigenvalue weighted by Crippen LogP contribution is -2.22. The predicted molar refractivity (Wildman–Crippen MR) is 61.1 cm³/mol. The number of ether oxygens (including phenoxy) is 1. The summed E-state index contributed by atoms with van der Waals surface area (Å²) in [4.78, 5) is 0. The first-order chi connectivity index (χ1) is 7.83. The Morgan fingerprint density at radius 2 is 2.25 bits per heavy atom. The summed E-state index contributed by atoms with van der Waals surface area (Å²) in [7, 11) is 1.58. The summed E-state index contributed by atoms with van der Waals surface area (Å²) in [6, 6.07) is 9.20.